The SMILES string of the molecule is COCCN(C)c1ccnc(CNC2CC2)c1. The van der Waals surface area contributed by atoms with Crippen LogP contribution in [0.1, 0.15) is 18.5 Å². The zero-order valence-electron chi connectivity index (χ0n) is 10.6. The second-order valence-corrected chi connectivity index (χ2v) is 4.57. The number of likely N-dealkylation sites (N-methyl/N-ethyl adjacent to an activating group) is 1. The monoisotopic (exact) mass is 235 g/mol. The van der Waals surface area contributed by atoms with Crippen LogP contribution in [0.4, 0.5) is 5.69 Å². The van der Waals surface area contributed by atoms with Crippen molar-refractivity contribution in [3.63, 3.8) is 0 Å². The maximum atomic E-state index is 5.08. The summed E-state index contributed by atoms with van der Waals surface area (Å²) in [4.78, 5) is 6.57. The van der Waals surface area contributed by atoms with Gasteiger partial charge in [-0.25, -0.2) is 0 Å². The molecule has 2 rings (SSSR count). The maximum Gasteiger partial charge on any atom is 0.0637 e. The Morgan fingerprint density at radius 1 is 1.53 bits per heavy atom. The first-order valence-electron chi connectivity index (χ1n) is 6.18. The van der Waals surface area contributed by atoms with Gasteiger partial charge in [0, 0.05) is 45.2 Å². The number of hydrogen-bond acceptors (Lipinski definition) is 4. The molecule has 1 heterocycles. The van der Waals surface area contributed by atoms with Crippen LogP contribution in [0, 0.1) is 0 Å². The molecule has 1 fully saturated rings. The van der Waals surface area contributed by atoms with Gasteiger partial charge in [-0.15, -0.1) is 0 Å². The summed E-state index contributed by atoms with van der Waals surface area (Å²) >= 11 is 0. The van der Waals surface area contributed by atoms with E-state index in [0.29, 0.717) is 0 Å². The normalized spacial score (nSPS) is 14.9. The van der Waals surface area contributed by atoms with Crippen LogP contribution in [0.5, 0.6) is 0 Å². The van der Waals surface area contributed by atoms with Crippen LogP contribution in [0.3, 0.4) is 0 Å². The third-order valence-corrected chi connectivity index (χ3v) is 3.02. The molecule has 4 heteroatoms. The largest absolute Gasteiger partial charge is 0.383 e. The number of anilines is 1. The van der Waals surface area contributed by atoms with Crippen molar-refractivity contribution in [1.29, 1.82) is 0 Å². The lowest BCUT2D eigenvalue weighted by atomic mass is 10.3. The van der Waals surface area contributed by atoms with E-state index in [2.05, 4.69) is 28.3 Å². The Bertz CT molecular complexity index is 352. The summed E-state index contributed by atoms with van der Waals surface area (Å²) in [6, 6.07) is 4.91. The quantitative estimate of drug-likeness (QED) is 0.775. The molecule has 0 unspecified atom stereocenters. The summed E-state index contributed by atoms with van der Waals surface area (Å²) in [5.74, 6) is 0. The van der Waals surface area contributed by atoms with E-state index in [1.807, 2.05) is 12.3 Å². The van der Waals surface area contributed by atoms with Crippen LogP contribution in [0.2, 0.25) is 0 Å². The average molecular weight is 235 g/mol. The van der Waals surface area contributed by atoms with E-state index < -0.39 is 0 Å². The minimum absolute atomic E-state index is 0.728. The molecule has 0 radical (unpaired) electrons. The predicted molar refractivity (Wildman–Crippen MR) is 69.2 cm³/mol. The number of methoxy groups -OCH3 is 1. The fourth-order valence-electron chi connectivity index (χ4n) is 1.69. The summed E-state index contributed by atoms with van der Waals surface area (Å²) in [5.41, 5.74) is 2.31. The Labute approximate surface area is 103 Å². The summed E-state index contributed by atoms with van der Waals surface area (Å²) in [6.45, 7) is 2.51. The number of hydrogen-bond donors (Lipinski definition) is 1. The van der Waals surface area contributed by atoms with Gasteiger partial charge in [-0.3, -0.25) is 4.98 Å². The van der Waals surface area contributed by atoms with Gasteiger partial charge in [0.2, 0.25) is 0 Å². The lowest BCUT2D eigenvalue weighted by Crippen LogP contribution is -2.22. The zero-order valence-corrected chi connectivity index (χ0v) is 10.6. The maximum absolute atomic E-state index is 5.08. The smallest absolute Gasteiger partial charge is 0.0637 e. The lowest BCUT2D eigenvalue weighted by molar-refractivity contribution is 0.206. The first-order valence-corrected chi connectivity index (χ1v) is 6.18. The van der Waals surface area contributed by atoms with Gasteiger partial charge in [-0.05, 0) is 25.0 Å². The van der Waals surface area contributed by atoms with Gasteiger partial charge in [0.1, 0.15) is 0 Å². The topological polar surface area (TPSA) is 37.4 Å². The van der Waals surface area contributed by atoms with Crippen LogP contribution in [-0.4, -0.2) is 38.3 Å². The van der Waals surface area contributed by atoms with Gasteiger partial charge in [-0.1, -0.05) is 0 Å². The molecule has 94 valence electrons. The molecule has 4 nitrogen and oxygen atoms in total. The molecule has 0 bridgehead atoms. The summed E-state index contributed by atoms with van der Waals surface area (Å²) in [7, 11) is 3.80. The van der Waals surface area contributed by atoms with Gasteiger partial charge in [-0.2, -0.15) is 0 Å². The minimum Gasteiger partial charge on any atom is -0.383 e. The fraction of sp³-hybridized carbons (Fsp3) is 0.615. The Balaban J connectivity index is 1.89. The Kier molecular flexibility index (Phi) is 4.34. The van der Waals surface area contributed by atoms with E-state index in [4.69, 9.17) is 4.74 Å². The minimum atomic E-state index is 0.728. The van der Waals surface area contributed by atoms with Crippen molar-refractivity contribution in [2.24, 2.45) is 0 Å². The molecule has 0 spiro atoms. The van der Waals surface area contributed by atoms with Crippen molar-refractivity contribution in [3.05, 3.63) is 24.0 Å². The van der Waals surface area contributed by atoms with Crippen LogP contribution in [-0.2, 0) is 11.3 Å². The molecule has 1 aliphatic carbocycles. The van der Waals surface area contributed by atoms with E-state index in [9.17, 15) is 0 Å². The third kappa shape index (κ3) is 3.98. The molecule has 0 aromatic carbocycles. The molecular formula is C13H21N3O. The van der Waals surface area contributed by atoms with Crippen LogP contribution in [0.25, 0.3) is 0 Å². The Morgan fingerprint density at radius 2 is 2.35 bits per heavy atom. The van der Waals surface area contributed by atoms with Crippen LogP contribution >= 0.6 is 0 Å². The number of pyridine rings is 1. The molecule has 1 aromatic rings. The lowest BCUT2D eigenvalue weighted by Gasteiger charge is -2.19. The first-order chi connectivity index (χ1) is 8.29. The Hall–Kier alpha value is -1.13. The van der Waals surface area contributed by atoms with Gasteiger partial charge in [0.15, 0.2) is 0 Å². The zero-order chi connectivity index (χ0) is 12.1. The van der Waals surface area contributed by atoms with E-state index in [1.54, 1.807) is 7.11 Å². The summed E-state index contributed by atoms with van der Waals surface area (Å²) in [6.07, 6.45) is 4.50. The van der Waals surface area contributed by atoms with Crippen molar-refractivity contribution in [3.8, 4) is 0 Å². The van der Waals surface area contributed by atoms with Crippen molar-refractivity contribution >= 4 is 5.69 Å². The van der Waals surface area contributed by atoms with E-state index in [0.717, 1.165) is 31.4 Å². The van der Waals surface area contributed by atoms with Gasteiger partial charge < -0.3 is 15.0 Å². The number of nitrogens with zero attached hydrogens (tertiary/aromatic N) is 2. The van der Waals surface area contributed by atoms with Crippen molar-refractivity contribution in [2.45, 2.75) is 25.4 Å². The number of nitrogens with one attached hydrogen (secondary N) is 1. The molecule has 1 N–H and O–H groups in total. The standard InChI is InChI=1S/C13H21N3O/c1-16(7-8-17-2)13-5-6-14-12(9-13)10-15-11-3-4-11/h5-6,9,11,15H,3-4,7-8,10H2,1-2H3. The van der Waals surface area contributed by atoms with Crippen molar-refractivity contribution in [1.82, 2.24) is 10.3 Å². The fourth-order valence-corrected chi connectivity index (χ4v) is 1.69. The molecule has 17 heavy (non-hydrogen) atoms. The van der Waals surface area contributed by atoms with Crippen molar-refractivity contribution < 1.29 is 4.74 Å². The highest BCUT2D eigenvalue weighted by Crippen LogP contribution is 2.19. The number of ether oxygens (including phenoxy) is 1. The van der Waals surface area contributed by atoms with E-state index >= 15 is 0 Å². The summed E-state index contributed by atoms with van der Waals surface area (Å²) in [5, 5.41) is 3.48. The molecule has 1 aromatic heterocycles. The second kappa shape index (κ2) is 5.98. The highest BCUT2D eigenvalue weighted by atomic mass is 16.5. The Morgan fingerprint density at radius 3 is 3.06 bits per heavy atom. The van der Waals surface area contributed by atoms with Gasteiger partial charge >= 0.3 is 0 Å². The molecule has 0 atom stereocenters. The van der Waals surface area contributed by atoms with Crippen molar-refractivity contribution in [2.75, 3.05) is 32.2 Å². The van der Waals surface area contributed by atoms with Crippen LogP contribution in [0.15, 0.2) is 18.3 Å². The average Bonchev–Trinajstić information content (AvgIpc) is 3.18. The molecule has 1 aliphatic rings. The number of rotatable bonds is 7. The highest BCUT2D eigenvalue weighted by molar-refractivity contribution is 5.45. The molecular weight excluding hydrogens is 214 g/mol. The van der Waals surface area contributed by atoms with E-state index in [1.165, 1.54) is 18.5 Å². The number of aromatic nitrogens is 1. The molecule has 0 amide bonds. The summed E-state index contributed by atoms with van der Waals surface area (Å²) < 4.78 is 5.08. The third-order valence-electron chi connectivity index (χ3n) is 3.02. The van der Waals surface area contributed by atoms with Gasteiger partial charge in [0.05, 0.1) is 12.3 Å². The second-order valence-electron chi connectivity index (χ2n) is 4.57. The molecule has 0 saturated heterocycles. The highest BCUT2D eigenvalue weighted by Gasteiger charge is 2.20. The van der Waals surface area contributed by atoms with Gasteiger partial charge in [0.25, 0.3) is 0 Å². The predicted octanol–water partition coefficient (Wildman–Crippen LogP) is 1.42. The van der Waals surface area contributed by atoms with Crippen LogP contribution < -0.4 is 10.2 Å². The molecule has 0 aliphatic heterocycles. The molecule has 1 saturated carbocycles. The first kappa shape index (κ1) is 12.3. The van der Waals surface area contributed by atoms with E-state index in [-0.39, 0.29) is 0 Å².